The molecule has 3 heterocycles. The number of nitrogens with zero attached hydrogens (tertiary/aromatic N) is 3. The van der Waals surface area contributed by atoms with Crippen LogP contribution in [0.25, 0.3) is 11.3 Å². The molecule has 1 aliphatic rings. The largest absolute Gasteiger partial charge is 0.454 e. The third kappa shape index (κ3) is 3.65. The van der Waals surface area contributed by atoms with E-state index < -0.39 is 0 Å². The number of carbonyl (C=O) groups is 1. The highest BCUT2D eigenvalue weighted by Crippen LogP contribution is 2.36. The first-order valence-electron chi connectivity index (χ1n) is 7.83. The number of benzene rings is 1. The van der Waals surface area contributed by atoms with E-state index in [-0.39, 0.29) is 19.1 Å². The van der Waals surface area contributed by atoms with E-state index in [4.69, 9.17) is 14.0 Å². The molecular weight excluding hydrogens is 376 g/mol. The maximum atomic E-state index is 12.2. The van der Waals surface area contributed by atoms with Crippen LogP contribution in [0, 0.1) is 0 Å². The number of hydrogen-bond acceptors (Lipinski definition) is 9. The van der Waals surface area contributed by atoms with Crippen molar-refractivity contribution in [2.75, 3.05) is 17.9 Å². The molecule has 2 aromatic heterocycles. The molecule has 0 aliphatic carbocycles. The highest BCUT2D eigenvalue weighted by Gasteiger charge is 2.17. The van der Waals surface area contributed by atoms with Gasteiger partial charge in [-0.1, -0.05) is 35.2 Å². The Labute approximate surface area is 156 Å². The van der Waals surface area contributed by atoms with Crippen molar-refractivity contribution in [1.29, 1.82) is 0 Å². The van der Waals surface area contributed by atoms with Gasteiger partial charge in [0.1, 0.15) is 0 Å². The van der Waals surface area contributed by atoms with Crippen LogP contribution in [0.4, 0.5) is 5.13 Å². The Morgan fingerprint density at radius 1 is 1.27 bits per heavy atom. The Balaban J connectivity index is 1.40. The number of ether oxygens (including phenoxy) is 2. The van der Waals surface area contributed by atoms with E-state index in [0.29, 0.717) is 28.1 Å². The van der Waals surface area contributed by atoms with Crippen molar-refractivity contribution in [2.24, 2.45) is 0 Å². The van der Waals surface area contributed by atoms with Gasteiger partial charge >= 0.3 is 0 Å². The van der Waals surface area contributed by atoms with Crippen molar-refractivity contribution >= 4 is 34.1 Å². The predicted octanol–water partition coefficient (Wildman–Crippen LogP) is 3.22. The monoisotopic (exact) mass is 390 g/mol. The summed E-state index contributed by atoms with van der Waals surface area (Å²) in [6.07, 6.45) is 0.0872. The molecule has 0 saturated heterocycles. The van der Waals surface area contributed by atoms with Crippen LogP contribution in [0.3, 0.4) is 0 Å². The summed E-state index contributed by atoms with van der Waals surface area (Å²) in [6, 6.07) is 7.22. The maximum Gasteiger partial charge on any atom is 0.232 e. The number of fused-ring (bicyclic) bond motifs is 1. The molecule has 1 aromatic carbocycles. The van der Waals surface area contributed by atoms with E-state index >= 15 is 0 Å². The van der Waals surface area contributed by atoms with Gasteiger partial charge in [-0.25, -0.2) is 0 Å². The fourth-order valence-electron chi connectivity index (χ4n) is 2.35. The molecule has 3 aromatic rings. The van der Waals surface area contributed by atoms with Crippen LogP contribution in [0.2, 0.25) is 0 Å². The lowest BCUT2D eigenvalue weighted by Gasteiger charge is -1.98. The zero-order valence-corrected chi connectivity index (χ0v) is 15.4. The third-order valence-electron chi connectivity index (χ3n) is 3.48. The van der Waals surface area contributed by atoms with Crippen LogP contribution < -0.4 is 14.8 Å². The number of carbonyl (C=O) groups excluding carboxylic acids is 1. The first-order chi connectivity index (χ1) is 12.7. The fourth-order valence-corrected chi connectivity index (χ4v) is 4.02. The number of hydrogen-bond donors (Lipinski definition) is 1. The first kappa shape index (κ1) is 16.9. The Morgan fingerprint density at radius 2 is 2.15 bits per heavy atom. The molecule has 134 valence electrons. The lowest BCUT2D eigenvalue weighted by molar-refractivity contribution is -0.115. The van der Waals surface area contributed by atoms with Crippen LogP contribution in [-0.2, 0) is 11.2 Å². The molecule has 0 unspecified atom stereocenters. The van der Waals surface area contributed by atoms with E-state index in [1.165, 1.54) is 11.3 Å². The van der Waals surface area contributed by atoms with Crippen LogP contribution in [0.5, 0.6) is 11.5 Å². The Hall–Kier alpha value is -2.59. The van der Waals surface area contributed by atoms with Gasteiger partial charge in [-0.15, -0.1) is 10.2 Å². The SMILES string of the molecule is CCSc1nnc(NC(=O)Cc2cc(-c3ccc4c(c3)OCO4)on2)s1. The molecular formula is C16H14N4O4S2. The molecule has 1 N–H and O–H groups in total. The summed E-state index contributed by atoms with van der Waals surface area (Å²) in [7, 11) is 0. The van der Waals surface area contributed by atoms with Crippen LogP contribution in [-0.4, -0.2) is 33.8 Å². The van der Waals surface area contributed by atoms with Crippen LogP contribution >= 0.6 is 23.1 Å². The number of thioether (sulfide) groups is 1. The van der Waals surface area contributed by atoms with Gasteiger partial charge < -0.3 is 19.3 Å². The number of amides is 1. The van der Waals surface area contributed by atoms with Crippen molar-refractivity contribution in [2.45, 2.75) is 17.7 Å². The molecule has 10 heteroatoms. The standard InChI is InChI=1S/C16H14N4O4S2/c1-2-25-16-19-18-15(26-16)17-14(21)7-10-6-12(24-20-10)9-3-4-11-13(5-9)23-8-22-11/h3-6H,2,7-8H2,1H3,(H,17,18,21). The van der Waals surface area contributed by atoms with Crippen LogP contribution in [0.15, 0.2) is 33.1 Å². The topological polar surface area (TPSA) is 99.4 Å². The van der Waals surface area contributed by atoms with Crippen molar-refractivity contribution in [1.82, 2.24) is 15.4 Å². The van der Waals surface area contributed by atoms with Gasteiger partial charge in [0.2, 0.25) is 17.8 Å². The number of nitrogens with one attached hydrogen (secondary N) is 1. The average molecular weight is 390 g/mol. The summed E-state index contributed by atoms with van der Waals surface area (Å²) in [5.74, 6) is 2.61. The van der Waals surface area contributed by atoms with Gasteiger partial charge in [-0.05, 0) is 24.0 Å². The molecule has 1 amide bonds. The lowest BCUT2D eigenvalue weighted by atomic mass is 10.1. The normalized spacial score (nSPS) is 12.3. The van der Waals surface area contributed by atoms with Gasteiger partial charge in [0.05, 0.1) is 12.1 Å². The predicted molar refractivity (Wildman–Crippen MR) is 96.7 cm³/mol. The molecule has 4 rings (SSSR count). The first-order valence-corrected chi connectivity index (χ1v) is 9.63. The molecule has 0 atom stereocenters. The minimum Gasteiger partial charge on any atom is -0.454 e. The summed E-state index contributed by atoms with van der Waals surface area (Å²) in [6.45, 7) is 2.25. The zero-order valence-electron chi connectivity index (χ0n) is 13.7. The third-order valence-corrected chi connectivity index (χ3v) is 5.33. The van der Waals surface area contributed by atoms with Gasteiger partial charge in [0, 0.05) is 11.6 Å². The Morgan fingerprint density at radius 3 is 3.04 bits per heavy atom. The van der Waals surface area contributed by atoms with Gasteiger partial charge in [0.25, 0.3) is 0 Å². The van der Waals surface area contributed by atoms with E-state index in [9.17, 15) is 4.79 Å². The smallest absolute Gasteiger partial charge is 0.232 e. The second-order valence-corrected chi connectivity index (χ2v) is 7.77. The zero-order chi connectivity index (χ0) is 17.9. The lowest BCUT2D eigenvalue weighted by Crippen LogP contribution is -2.14. The average Bonchev–Trinajstić information content (AvgIpc) is 3.35. The molecule has 0 radical (unpaired) electrons. The Kier molecular flexibility index (Phi) is 4.76. The molecule has 26 heavy (non-hydrogen) atoms. The van der Waals surface area contributed by atoms with E-state index in [1.807, 2.05) is 25.1 Å². The second kappa shape index (κ2) is 7.34. The van der Waals surface area contributed by atoms with Crippen molar-refractivity contribution in [3.63, 3.8) is 0 Å². The molecule has 1 aliphatic heterocycles. The van der Waals surface area contributed by atoms with Gasteiger partial charge in [-0.2, -0.15) is 0 Å². The van der Waals surface area contributed by atoms with E-state index in [1.54, 1.807) is 17.8 Å². The fraction of sp³-hybridized carbons (Fsp3) is 0.250. The van der Waals surface area contributed by atoms with Crippen molar-refractivity contribution < 1.29 is 18.8 Å². The highest BCUT2D eigenvalue weighted by atomic mass is 32.2. The summed E-state index contributed by atoms with van der Waals surface area (Å²) >= 11 is 2.93. The minimum absolute atomic E-state index is 0.0872. The summed E-state index contributed by atoms with van der Waals surface area (Å²) in [5, 5.41) is 15.1. The molecule has 0 bridgehead atoms. The van der Waals surface area contributed by atoms with Crippen LogP contribution in [0.1, 0.15) is 12.6 Å². The summed E-state index contributed by atoms with van der Waals surface area (Å²) in [5.41, 5.74) is 1.33. The van der Waals surface area contributed by atoms with E-state index in [2.05, 4.69) is 20.7 Å². The number of rotatable bonds is 6. The molecule has 0 saturated carbocycles. The van der Waals surface area contributed by atoms with Gasteiger partial charge in [0.15, 0.2) is 21.6 Å². The number of anilines is 1. The highest BCUT2D eigenvalue weighted by molar-refractivity contribution is 8.01. The van der Waals surface area contributed by atoms with Gasteiger partial charge in [-0.3, -0.25) is 4.79 Å². The van der Waals surface area contributed by atoms with E-state index in [0.717, 1.165) is 15.7 Å². The molecule has 0 fully saturated rings. The summed E-state index contributed by atoms with van der Waals surface area (Å²) in [4.78, 5) is 12.2. The molecule has 8 nitrogen and oxygen atoms in total. The summed E-state index contributed by atoms with van der Waals surface area (Å²) < 4.78 is 16.8. The molecule has 0 spiro atoms. The van der Waals surface area contributed by atoms with Crippen molar-refractivity contribution in [3.8, 4) is 22.8 Å². The maximum absolute atomic E-state index is 12.2. The second-order valence-electron chi connectivity index (χ2n) is 5.28. The quantitative estimate of drug-likeness (QED) is 0.506. The van der Waals surface area contributed by atoms with Crippen molar-refractivity contribution in [3.05, 3.63) is 30.0 Å². The Bertz CT molecular complexity index is 940. The minimum atomic E-state index is -0.222. The number of aromatic nitrogens is 3.